The quantitative estimate of drug-likeness (QED) is 0.944. The molecule has 116 valence electrons. The van der Waals surface area contributed by atoms with Crippen LogP contribution in [0.25, 0.3) is 0 Å². The number of sulfonamides is 1. The van der Waals surface area contributed by atoms with E-state index in [4.69, 9.17) is 9.47 Å². The van der Waals surface area contributed by atoms with Gasteiger partial charge in [-0.3, -0.25) is 4.72 Å². The highest BCUT2D eigenvalue weighted by Crippen LogP contribution is 2.33. The van der Waals surface area contributed by atoms with E-state index in [2.05, 4.69) is 4.72 Å². The summed E-state index contributed by atoms with van der Waals surface area (Å²) < 4.78 is 38.6. The Bertz CT molecular complexity index is 786. The molecule has 0 radical (unpaired) electrons. The van der Waals surface area contributed by atoms with Crippen molar-refractivity contribution in [2.24, 2.45) is 0 Å². The van der Waals surface area contributed by atoms with Crippen molar-refractivity contribution >= 4 is 15.7 Å². The van der Waals surface area contributed by atoms with Crippen LogP contribution in [0.2, 0.25) is 0 Å². The Morgan fingerprint density at radius 3 is 2.50 bits per heavy atom. The van der Waals surface area contributed by atoms with Crippen LogP contribution in [0.1, 0.15) is 12.0 Å². The van der Waals surface area contributed by atoms with E-state index in [0.717, 1.165) is 6.42 Å². The number of fused-ring (bicyclic) bond motifs is 1. The van der Waals surface area contributed by atoms with E-state index in [0.29, 0.717) is 36.0 Å². The lowest BCUT2D eigenvalue weighted by Crippen LogP contribution is -2.14. The van der Waals surface area contributed by atoms with Crippen molar-refractivity contribution in [3.8, 4) is 11.5 Å². The molecule has 22 heavy (non-hydrogen) atoms. The molecule has 5 nitrogen and oxygen atoms in total. The monoisotopic (exact) mass is 319 g/mol. The van der Waals surface area contributed by atoms with Crippen LogP contribution in [0.3, 0.4) is 0 Å². The summed E-state index contributed by atoms with van der Waals surface area (Å²) in [6, 6.07) is 11.9. The summed E-state index contributed by atoms with van der Waals surface area (Å²) in [7, 11) is -3.63. The zero-order chi connectivity index (χ0) is 15.6. The van der Waals surface area contributed by atoms with Crippen LogP contribution in [-0.4, -0.2) is 21.6 Å². The lowest BCUT2D eigenvalue weighted by atomic mass is 10.2. The maximum Gasteiger partial charge on any atom is 0.262 e. The summed E-state index contributed by atoms with van der Waals surface area (Å²) in [5, 5.41) is 0. The SMILES string of the molecule is Cc1ccccc1S(=O)(=O)Nc1ccc2c(c1)OCCCO2. The second-order valence-electron chi connectivity index (χ2n) is 5.08. The average Bonchev–Trinajstić information content (AvgIpc) is 2.72. The minimum Gasteiger partial charge on any atom is -0.490 e. The van der Waals surface area contributed by atoms with E-state index in [1.807, 2.05) is 6.07 Å². The lowest BCUT2D eigenvalue weighted by Gasteiger charge is -2.12. The molecule has 0 spiro atoms. The largest absolute Gasteiger partial charge is 0.490 e. The van der Waals surface area contributed by atoms with Crippen LogP contribution in [0, 0.1) is 6.92 Å². The summed E-state index contributed by atoms with van der Waals surface area (Å²) in [6.45, 7) is 2.92. The van der Waals surface area contributed by atoms with E-state index >= 15 is 0 Å². The van der Waals surface area contributed by atoms with Gasteiger partial charge in [0.25, 0.3) is 10.0 Å². The van der Waals surface area contributed by atoms with Gasteiger partial charge < -0.3 is 9.47 Å². The van der Waals surface area contributed by atoms with Gasteiger partial charge >= 0.3 is 0 Å². The molecule has 0 amide bonds. The first-order chi connectivity index (χ1) is 10.6. The standard InChI is InChI=1S/C16H17NO4S/c1-12-5-2-3-6-16(12)22(18,19)17-13-7-8-14-15(11-13)21-10-4-9-20-14/h2-3,5-8,11,17H,4,9-10H2,1H3. The lowest BCUT2D eigenvalue weighted by molar-refractivity contribution is 0.297. The first-order valence-electron chi connectivity index (χ1n) is 7.04. The maximum atomic E-state index is 12.5. The van der Waals surface area contributed by atoms with Crippen molar-refractivity contribution in [3.63, 3.8) is 0 Å². The fourth-order valence-electron chi connectivity index (χ4n) is 2.29. The minimum absolute atomic E-state index is 0.266. The Kier molecular flexibility index (Phi) is 3.94. The van der Waals surface area contributed by atoms with Gasteiger partial charge in [-0.15, -0.1) is 0 Å². The Hall–Kier alpha value is -2.21. The van der Waals surface area contributed by atoms with Gasteiger partial charge in [-0.2, -0.15) is 0 Å². The number of benzene rings is 2. The number of aryl methyl sites for hydroxylation is 1. The molecule has 1 aliphatic rings. The normalized spacial score (nSPS) is 14.2. The van der Waals surface area contributed by atoms with Gasteiger partial charge in [0.1, 0.15) is 0 Å². The molecule has 3 rings (SSSR count). The van der Waals surface area contributed by atoms with Crippen LogP contribution in [0.4, 0.5) is 5.69 Å². The van der Waals surface area contributed by atoms with Gasteiger partial charge in [0, 0.05) is 12.5 Å². The van der Waals surface area contributed by atoms with E-state index in [9.17, 15) is 8.42 Å². The van der Waals surface area contributed by atoms with Crippen molar-refractivity contribution in [1.29, 1.82) is 0 Å². The van der Waals surface area contributed by atoms with E-state index in [-0.39, 0.29) is 4.90 Å². The first kappa shape index (κ1) is 14.7. The number of anilines is 1. The van der Waals surface area contributed by atoms with Crippen molar-refractivity contribution in [2.75, 3.05) is 17.9 Å². The summed E-state index contributed by atoms with van der Waals surface area (Å²) in [6.07, 6.45) is 0.805. The molecule has 1 N–H and O–H groups in total. The van der Waals surface area contributed by atoms with Crippen molar-refractivity contribution in [1.82, 2.24) is 0 Å². The third kappa shape index (κ3) is 3.01. The van der Waals surface area contributed by atoms with Crippen LogP contribution in [0.5, 0.6) is 11.5 Å². The highest BCUT2D eigenvalue weighted by Gasteiger charge is 2.18. The molecule has 6 heteroatoms. The predicted molar refractivity (Wildman–Crippen MR) is 84.0 cm³/mol. The van der Waals surface area contributed by atoms with Crippen LogP contribution in [-0.2, 0) is 10.0 Å². The summed E-state index contributed by atoms with van der Waals surface area (Å²) in [4.78, 5) is 0.266. The van der Waals surface area contributed by atoms with Crippen molar-refractivity contribution in [2.45, 2.75) is 18.2 Å². The van der Waals surface area contributed by atoms with E-state index < -0.39 is 10.0 Å². The van der Waals surface area contributed by atoms with Gasteiger partial charge in [-0.05, 0) is 30.7 Å². The molecule has 1 aliphatic heterocycles. The van der Waals surface area contributed by atoms with Crippen LogP contribution >= 0.6 is 0 Å². The summed E-state index contributed by atoms with van der Waals surface area (Å²) in [5.74, 6) is 1.19. The Balaban J connectivity index is 1.90. The third-order valence-electron chi connectivity index (χ3n) is 3.38. The Morgan fingerprint density at radius 1 is 1.00 bits per heavy atom. The molecule has 0 aliphatic carbocycles. The van der Waals surface area contributed by atoms with Gasteiger partial charge in [0.15, 0.2) is 11.5 Å². The molecule has 1 heterocycles. The number of ether oxygens (including phenoxy) is 2. The summed E-state index contributed by atoms with van der Waals surface area (Å²) in [5.41, 5.74) is 1.15. The van der Waals surface area contributed by atoms with Crippen LogP contribution < -0.4 is 14.2 Å². The van der Waals surface area contributed by atoms with Crippen LogP contribution in [0.15, 0.2) is 47.4 Å². The Labute approximate surface area is 129 Å². The van der Waals surface area contributed by atoms with Gasteiger partial charge in [0.2, 0.25) is 0 Å². The number of hydrogen-bond acceptors (Lipinski definition) is 4. The molecule has 0 atom stereocenters. The molecule has 0 unspecified atom stereocenters. The molecule has 0 saturated heterocycles. The first-order valence-corrected chi connectivity index (χ1v) is 8.53. The Morgan fingerprint density at radius 2 is 1.73 bits per heavy atom. The zero-order valence-electron chi connectivity index (χ0n) is 12.2. The molecule has 2 aromatic rings. The predicted octanol–water partition coefficient (Wildman–Crippen LogP) is 2.96. The molecular formula is C16H17NO4S. The number of nitrogens with one attached hydrogen (secondary N) is 1. The maximum absolute atomic E-state index is 12.5. The topological polar surface area (TPSA) is 64.6 Å². The van der Waals surface area contributed by atoms with E-state index in [1.165, 1.54) is 0 Å². The highest BCUT2D eigenvalue weighted by atomic mass is 32.2. The third-order valence-corrected chi connectivity index (χ3v) is 4.92. The smallest absolute Gasteiger partial charge is 0.262 e. The fraction of sp³-hybridized carbons (Fsp3) is 0.250. The van der Waals surface area contributed by atoms with Gasteiger partial charge in [0.05, 0.1) is 23.8 Å². The van der Waals surface area contributed by atoms with Crippen molar-refractivity contribution < 1.29 is 17.9 Å². The minimum atomic E-state index is -3.63. The molecule has 0 aromatic heterocycles. The second kappa shape index (κ2) is 5.88. The molecular weight excluding hydrogens is 302 g/mol. The average molecular weight is 319 g/mol. The molecule has 2 aromatic carbocycles. The van der Waals surface area contributed by atoms with Crippen molar-refractivity contribution in [3.05, 3.63) is 48.0 Å². The molecule has 0 bridgehead atoms. The number of hydrogen-bond donors (Lipinski definition) is 1. The number of rotatable bonds is 3. The van der Waals surface area contributed by atoms with Gasteiger partial charge in [-0.1, -0.05) is 18.2 Å². The van der Waals surface area contributed by atoms with E-state index in [1.54, 1.807) is 43.3 Å². The highest BCUT2D eigenvalue weighted by molar-refractivity contribution is 7.92. The second-order valence-corrected chi connectivity index (χ2v) is 6.73. The summed E-state index contributed by atoms with van der Waals surface area (Å²) >= 11 is 0. The molecule has 0 fully saturated rings. The van der Waals surface area contributed by atoms with Gasteiger partial charge in [-0.25, -0.2) is 8.42 Å². The molecule has 0 saturated carbocycles. The fourth-order valence-corrected chi connectivity index (χ4v) is 3.59. The zero-order valence-corrected chi connectivity index (χ0v) is 13.0.